The first-order valence-corrected chi connectivity index (χ1v) is 9.59. The minimum atomic E-state index is -2.90. The molecule has 21 heavy (non-hydrogen) atoms. The maximum atomic E-state index is 11.6. The lowest BCUT2D eigenvalue weighted by molar-refractivity contribution is 0.602. The molecule has 3 rings (SSSR count). The predicted molar refractivity (Wildman–Crippen MR) is 87.0 cm³/mol. The average molecular weight is 326 g/mol. The van der Waals surface area contributed by atoms with Crippen LogP contribution in [0.5, 0.6) is 0 Å². The molecule has 0 amide bonds. The number of hydrogen-bond acceptors (Lipinski definition) is 7. The zero-order valence-corrected chi connectivity index (χ0v) is 13.6. The van der Waals surface area contributed by atoms with Crippen molar-refractivity contribution in [3.05, 3.63) is 10.9 Å². The van der Waals surface area contributed by atoms with Crippen LogP contribution in [0.4, 0.5) is 11.8 Å². The standard InChI is InChI=1S/C13H18N4O2S2/c1-3-14-13-16-11(10-6-8(2)20-12(10)17-13)15-9-4-5-21(18,19)7-9/h6,9H,3-5,7H2,1-2H3,(H2,14,15,16,17). The molecule has 1 atom stereocenters. The largest absolute Gasteiger partial charge is 0.366 e. The van der Waals surface area contributed by atoms with Crippen LogP contribution in [-0.2, 0) is 9.84 Å². The lowest BCUT2D eigenvalue weighted by Crippen LogP contribution is -2.21. The number of nitrogens with zero attached hydrogens (tertiary/aromatic N) is 2. The van der Waals surface area contributed by atoms with Crippen LogP contribution in [0, 0.1) is 6.92 Å². The van der Waals surface area contributed by atoms with E-state index in [0.717, 1.165) is 27.5 Å². The SMILES string of the molecule is CCNc1nc(NC2CCS(=O)(=O)C2)c2cc(C)sc2n1. The molecule has 1 aliphatic heterocycles. The molecule has 0 radical (unpaired) electrons. The van der Waals surface area contributed by atoms with Crippen molar-refractivity contribution in [2.75, 3.05) is 28.7 Å². The summed E-state index contributed by atoms with van der Waals surface area (Å²) in [6.45, 7) is 4.76. The molecule has 1 saturated heterocycles. The van der Waals surface area contributed by atoms with Gasteiger partial charge >= 0.3 is 0 Å². The summed E-state index contributed by atoms with van der Waals surface area (Å²) in [6, 6.07) is 1.98. The number of aryl methyl sites for hydroxylation is 1. The minimum absolute atomic E-state index is 0.0669. The van der Waals surface area contributed by atoms with E-state index < -0.39 is 9.84 Å². The van der Waals surface area contributed by atoms with E-state index in [2.05, 4.69) is 20.6 Å². The van der Waals surface area contributed by atoms with Crippen LogP contribution in [-0.4, -0.2) is 42.5 Å². The normalized spacial score (nSPS) is 20.8. The van der Waals surface area contributed by atoms with Crippen molar-refractivity contribution in [3.8, 4) is 0 Å². The van der Waals surface area contributed by atoms with E-state index in [1.54, 1.807) is 11.3 Å². The lowest BCUT2D eigenvalue weighted by atomic mass is 10.2. The van der Waals surface area contributed by atoms with Gasteiger partial charge < -0.3 is 10.6 Å². The number of sulfone groups is 1. The van der Waals surface area contributed by atoms with Gasteiger partial charge in [-0.1, -0.05) is 0 Å². The van der Waals surface area contributed by atoms with Crippen molar-refractivity contribution in [3.63, 3.8) is 0 Å². The Bertz CT molecular complexity index is 770. The molecular formula is C13H18N4O2S2. The smallest absolute Gasteiger partial charge is 0.226 e. The fraction of sp³-hybridized carbons (Fsp3) is 0.538. The van der Waals surface area contributed by atoms with E-state index in [1.807, 2.05) is 19.9 Å². The van der Waals surface area contributed by atoms with Gasteiger partial charge in [0.05, 0.1) is 16.9 Å². The third-order valence-electron chi connectivity index (χ3n) is 3.42. The van der Waals surface area contributed by atoms with Crippen molar-refractivity contribution in [1.29, 1.82) is 0 Å². The number of aromatic nitrogens is 2. The second kappa shape index (κ2) is 5.42. The first-order valence-electron chi connectivity index (χ1n) is 6.96. The summed E-state index contributed by atoms with van der Waals surface area (Å²) in [7, 11) is -2.90. The van der Waals surface area contributed by atoms with E-state index in [0.29, 0.717) is 12.4 Å². The van der Waals surface area contributed by atoms with Crippen LogP contribution in [0.3, 0.4) is 0 Å². The Morgan fingerprint density at radius 1 is 1.43 bits per heavy atom. The Balaban J connectivity index is 1.96. The molecule has 3 heterocycles. The number of rotatable bonds is 4. The van der Waals surface area contributed by atoms with Gasteiger partial charge in [0.25, 0.3) is 0 Å². The van der Waals surface area contributed by atoms with E-state index in [1.165, 1.54) is 0 Å². The average Bonchev–Trinajstić information content (AvgIpc) is 2.92. The Hall–Kier alpha value is -1.41. The molecule has 8 heteroatoms. The lowest BCUT2D eigenvalue weighted by Gasteiger charge is -2.13. The molecule has 0 saturated carbocycles. The molecule has 0 bridgehead atoms. The molecule has 1 unspecified atom stereocenters. The summed E-state index contributed by atoms with van der Waals surface area (Å²) in [5.41, 5.74) is 0. The van der Waals surface area contributed by atoms with Crippen molar-refractivity contribution in [2.24, 2.45) is 0 Å². The van der Waals surface area contributed by atoms with Crippen molar-refractivity contribution < 1.29 is 8.42 Å². The van der Waals surface area contributed by atoms with E-state index in [9.17, 15) is 8.42 Å². The van der Waals surface area contributed by atoms with Gasteiger partial charge in [-0.25, -0.2) is 13.4 Å². The minimum Gasteiger partial charge on any atom is -0.366 e. The van der Waals surface area contributed by atoms with Crippen LogP contribution < -0.4 is 10.6 Å². The zero-order valence-electron chi connectivity index (χ0n) is 12.0. The first-order chi connectivity index (χ1) is 9.97. The van der Waals surface area contributed by atoms with Gasteiger partial charge in [-0.2, -0.15) is 4.98 Å². The molecular weight excluding hydrogens is 308 g/mol. The second-order valence-electron chi connectivity index (χ2n) is 5.25. The van der Waals surface area contributed by atoms with Crippen LogP contribution in [0.15, 0.2) is 6.07 Å². The Kier molecular flexibility index (Phi) is 3.75. The third kappa shape index (κ3) is 3.11. The quantitative estimate of drug-likeness (QED) is 0.894. The van der Waals surface area contributed by atoms with Crippen molar-refractivity contribution in [1.82, 2.24) is 9.97 Å². The molecule has 6 nitrogen and oxygen atoms in total. The van der Waals surface area contributed by atoms with Gasteiger partial charge in [0, 0.05) is 17.5 Å². The van der Waals surface area contributed by atoms with Crippen LogP contribution in [0.2, 0.25) is 0 Å². The Labute approximate surface area is 127 Å². The van der Waals surface area contributed by atoms with Crippen LogP contribution in [0.1, 0.15) is 18.2 Å². The topological polar surface area (TPSA) is 84.0 Å². The highest BCUT2D eigenvalue weighted by Crippen LogP contribution is 2.30. The van der Waals surface area contributed by atoms with E-state index in [-0.39, 0.29) is 17.5 Å². The van der Waals surface area contributed by atoms with Gasteiger partial charge in [0.1, 0.15) is 10.6 Å². The van der Waals surface area contributed by atoms with Gasteiger partial charge in [-0.3, -0.25) is 0 Å². The van der Waals surface area contributed by atoms with Crippen LogP contribution >= 0.6 is 11.3 Å². The Morgan fingerprint density at radius 3 is 2.90 bits per heavy atom. The predicted octanol–water partition coefficient (Wildman–Crippen LogP) is 2.03. The molecule has 2 aromatic heterocycles. The number of hydrogen-bond donors (Lipinski definition) is 2. The summed E-state index contributed by atoms with van der Waals surface area (Å²) in [5.74, 6) is 1.73. The number of nitrogens with one attached hydrogen (secondary N) is 2. The highest BCUT2D eigenvalue weighted by molar-refractivity contribution is 7.91. The monoisotopic (exact) mass is 326 g/mol. The maximum Gasteiger partial charge on any atom is 0.226 e. The number of anilines is 2. The summed E-state index contributed by atoms with van der Waals surface area (Å²) in [4.78, 5) is 11.1. The molecule has 2 aromatic rings. The van der Waals surface area contributed by atoms with E-state index >= 15 is 0 Å². The molecule has 1 fully saturated rings. The molecule has 0 aliphatic carbocycles. The highest BCUT2D eigenvalue weighted by atomic mass is 32.2. The zero-order chi connectivity index (χ0) is 15.0. The number of fused-ring (bicyclic) bond motifs is 1. The highest BCUT2D eigenvalue weighted by Gasteiger charge is 2.28. The van der Waals surface area contributed by atoms with Gasteiger partial charge in [-0.05, 0) is 26.3 Å². The molecule has 114 valence electrons. The number of thiophene rings is 1. The molecule has 2 N–H and O–H groups in total. The van der Waals surface area contributed by atoms with Gasteiger partial charge in [0.2, 0.25) is 5.95 Å². The summed E-state index contributed by atoms with van der Waals surface area (Å²) in [5, 5.41) is 7.37. The van der Waals surface area contributed by atoms with Crippen LogP contribution in [0.25, 0.3) is 10.2 Å². The maximum absolute atomic E-state index is 11.6. The van der Waals surface area contributed by atoms with E-state index in [4.69, 9.17) is 0 Å². The fourth-order valence-electron chi connectivity index (χ4n) is 2.49. The second-order valence-corrected chi connectivity index (χ2v) is 8.71. The van der Waals surface area contributed by atoms with Crippen molar-refractivity contribution >= 4 is 43.2 Å². The fourth-order valence-corrected chi connectivity index (χ4v) is 5.04. The Morgan fingerprint density at radius 2 is 2.24 bits per heavy atom. The third-order valence-corrected chi connectivity index (χ3v) is 6.14. The first kappa shape index (κ1) is 14.5. The van der Waals surface area contributed by atoms with Gasteiger partial charge in [0.15, 0.2) is 9.84 Å². The summed E-state index contributed by atoms with van der Waals surface area (Å²) in [6.07, 6.45) is 0.632. The summed E-state index contributed by atoms with van der Waals surface area (Å²) >= 11 is 1.61. The summed E-state index contributed by atoms with van der Waals surface area (Å²) < 4.78 is 23.2. The van der Waals surface area contributed by atoms with Crippen molar-refractivity contribution in [2.45, 2.75) is 26.3 Å². The molecule has 1 aliphatic rings. The van der Waals surface area contributed by atoms with Gasteiger partial charge in [-0.15, -0.1) is 11.3 Å². The molecule has 0 spiro atoms. The molecule has 0 aromatic carbocycles.